The Labute approximate surface area is 151 Å². The molecule has 1 unspecified atom stereocenters. The smallest absolute Gasteiger partial charge is 0.224 e. The SMILES string of the molecule is Cc1nc(-c2ccc(CC(=O)NC(C)CCc3ccco3)cc2)cs1. The van der Waals surface area contributed by atoms with Crippen LogP contribution >= 0.6 is 11.3 Å². The van der Waals surface area contributed by atoms with Gasteiger partial charge in [0.15, 0.2) is 0 Å². The molecule has 0 spiro atoms. The second-order valence-corrected chi connectivity index (χ2v) is 7.27. The van der Waals surface area contributed by atoms with E-state index in [0.29, 0.717) is 6.42 Å². The molecule has 5 heteroatoms. The van der Waals surface area contributed by atoms with E-state index in [0.717, 1.165) is 40.4 Å². The molecule has 2 heterocycles. The Kier molecular flexibility index (Phi) is 5.66. The Morgan fingerprint density at radius 1 is 1.28 bits per heavy atom. The van der Waals surface area contributed by atoms with Crippen molar-refractivity contribution >= 4 is 17.2 Å². The van der Waals surface area contributed by atoms with E-state index < -0.39 is 0 Å². The molecule has 0 saturated heterocycles. The lowest BCUT2D eigenvalue weighted by molar-refractivity contribution is -0.121. The van der Waals surface area contributed by atoms with Gasteiger partial charge in [0.2, 0.25) is 5.91 Å². The molecule has 25 heavy (non-hydrogen) atoms. The van der Waals surface area contributed by atoms with E-state index in [4.69, 9.17) is 4.42 Å². The second-order valence-electron chi connectivity index (χ2n) is 6.21. The number of rotatable bonds is 7. The highest BCUT2D eigenvalue weighted by Gasteiger charge is 2.10. The Balaban J connectivity index is 1.48. The molecule has 1 N–H and O–H groups in total. The average Bonchev–Trinajstić information content (AvgIpc) is 3.25. The molecule has 0 fully saturated rings. The number of carbonyl (C=O) groups is 1. The van der Waals surface area contributed by atoms with Crippen molar-refractivity contribution in [2.75, 3.05) is 0 Å². The van der Waals surface area contributed by atoms with Gasteiger partial charge in [-0.1, -0.05) is 24.3 Å². The van der Waals surface area contributed by atoms with E-state index in [1.807, 2.05) is 50.2 Å². The fraction of sp³-hybridized carbons (Fsp3) is 0.300. The predicted molar refractivity (Wildman–Crippen MR) is 101 cm³/mol. The number of thiazole rings is 1. The van der Waals surface area contributed by atoms with Gasteiger partial charge >= 0.3 is 0 Å². The summed E-state index contributed by atoms with van der Waals surface area (Å²) in [5, 5.41) is 6.16. The summed E-state index contributed by atoms with van der Waals surface area (Å²) < 4.78 is 5.32. The van der Waals surface area contributed by atoms with Crippen LogP contribution in [0.2, 0.25) is 0 Å². The van der Waals surface area contributed by atoms with E-state index >= 15 is 0 Å². The molecule has 0 radical (unpaired) electrons. The van der Waals surface area contributed by atoms with Gasteiger partial charge in [0.25, 0.3) is 0 Å². The molecule has 0 bridgehead atoms. The zero-order valence-corrected chi connectivity index (χ0v) is 15.3. The largest absolute Gasteiger partial charge is 0.469 e. The summed E-state index contributed by atoms with van der Waals surface area (Å²) in [7, 11) is 0. The van der Waals surface area contributed by atoms with Gasteiger partial charge in [0, 0.05) is 23.4 Å². The zero-order valence-electron chi connectivity index (χ0n) is 14.5. The number of hydrogen-bond donors (Lipinski definition) is 1. The van der Waals surface area contributed by atoms with Gasteiger partial charge in [0.05, 0.1) is 23.4 Å². The van der Waals surface area contributed by atoms with Crippen molar-refractivity contribution in [1.29, 1.82) is 0 Å². The maximum absolute atomic E-state index is 12.2. The number of aromatic nitrogens is 1. The summed E-state index contributed by atoms with van der Waals surface area (Å²) in [4.78, 5) is 16.7. The molecule has 2 aromatic heterocycles. The molecule has 0 saturated carbocycles. The van der Waals surface area contributed by atoms with Crippen molar-refractivity contribution in [1.82, 2.24) is 10.3 Å². The van der Waals surface area contributed by atoms with Crippen molar-refractivity contribution in [3.8, 4) is 11.3 Å². The predicted octanol–water partition coefficient (Wildman–Crippen LogP) is 4.39. The number of hydrogen-bond acceptors (Lipinski definition) is 4. The lowest BCUT2D eigenvalue weighted by Gasteiger charge is -2.13. The first-order valence-corrected chi connectivity index (χ1v) is 9.31. The van der Waals surface area contributed by atoms with Crippen LogP contribution < -0.4 is 5.32 Å². The summed E-state index contributed by atoms with van der Waals surface area (Å²) >= 11 is 1.64. The molecular weight excluding hydrogens is 332 g/mol. The first-order chi connectivity index (χ1) is 12.1. The van der Waals surface area contributed by atoms with Gasteiger partial charge in [-0.05, 0) is 38.0 Å². The fourth-order valence-corrected chi connectivity index (χ4v) is 3.31. The van der Waals surface area contributed by atoms with Gasteiger partial charge < -0.3 is 9.73 Å². The number of aryl methyl sites for hydroxylation is 2. The lowest BCUT2D eigenvalue weighted by Crippen LogP contribution is -2.34. The van der Waals surface area contributed by atoms with E-state index in [1.165, 1.54) is 0 Å². The van der Waals surface area contributed by atoms with Crippen LogP contribution in [0.3, 0.4) is 0 Å². The number of benzene rings is 1. The number of nitrogens with one attached hydrogen (secondary N) is 1. The normalized spacial score (nSPS) is 12.1. The molecule has 0 aliphatic carbocycles. The Bertz CT molecular complexity index is 807. The molecule has 1 atom stereocenters. The minimum absolute atomic E-state index is 0.0456. The van der Waals surface area contributed by atoms with E-state index in [2.05, 4.69) is 15.7 Å². The molecule has 3 aromatic rings. The van der Waals surface area contributed by atoms with Crippen LogP contribution in [0.15, 0.2) is 52.5 Å². The van der Waals surface area contributed by atoms with Crippen molar-refractivity contribution in [3.05, 3.63) is 64.4 Å². The highest BCUT2D eigenvalue weighted by Crippen LogP contribution is 2.21. The van der Waals surface area contributed by atoms with Crippen LogP contribution in [-0.2, 0) is 17.6 Å². The number of nitrogens with zero attached hydrogens (tertiary/aromatic N) is 1. The van der Waals surface area contributed by atoms with E-state index in [1.54, 1.807) is 17.6 Å². The standard InChI is InChI=1S/C20H22N2O2S/c1-14(5-10-18-4-3-11-24-18)21-20(23)12-16-6-8-17(9-7-16)19-13-25-15(2)22-19/h3-4,6-9,11,13-14H,5,10,12H2,1-2H3,(H,21,23). The first-order valence-electron chi connectivity index (χ1n) is 8.43. The van der Waals surface area contributed by atoms with Crippen molar-refractivity contribution < 1.29 is 9.21 Å². The zero-order chi connectivity index (χ0) is 17.6. The minimum Gasteiger partial charge on any atom is -0.469 e. The summed E-state index contributed by atoms with van der Waals surface area (Å²) in [6.07, 6.45) is 3.76. The average molecular weight is 354 g/mol. The molecule has 0 aliphatic heterocycles. The van der Waals surface area contributed by atoms with Gasteiger partial charge in [-0.3, -0.25) is 4.79 Å². The molecule has 4 nitrogen and oxygen atoms in total. The van der Waals surface area contributed by atoms with Crippen LogP contribution in [0, 0.1) is 6.92 Å². The maximum atomic E-state index is 12.2. The highest BCUT2D eigenvalue weighted by atomic mass is 32.1. The maximum Gasteiger partial charge on any atom is 0.224 e. The Morgan fingerprint density at radius 3 is 2.72 bits per heavy atom. The topological polar surface area (TPSA) is 55.1 Å². The number of furan rings is 1. The van der Waals surface area contributed by atoms with Crippen LogP contribution in [0.4, 0.5) is 0 Å². The third-order valence-corrected chi connectivity index (χ3v) is 4.82. The summed E-state index contributed by atoms with van der Waals surface area (Å²) in [5.41, 5.74) is 3.08. The fourth-order valence-electron chi connectivity index (χ4n) is 2.69. The van der Waals surface area contributed by atoms with Crippen LogP contribution in [0.25, 0.3) is 11.3 Å². The molecule has 130 valence electrons. The van der Waals surface area contributed by atoms with Gasteiger partial charge in [0.1, 0.15) is 5.76 Å². The Morgan fingerprint density at radius 2 is 2.08 bits per heavy atom. The highest BCUT2D eigenvalue weighted by molar-refractivity contribution is 7.09. The lowest BCUT2D eigenvalue weighted by atomic mass is 10.1. The minimum atomic E-state index is 0.0456. The van der Waals surface area contributed by atoms with Crippen molar-refractivity contribution in [2.45, 2.75) is 39.2 Å². The van der Waals surface area contributed by atoms with Crippen LogP contribution in [-0.4, -0.2) is 16.9 Å². The monoisotopic (exact) mass is 354 g/mol. The molecule has 1 amide bonds. The van der Waals surface area contributed by atoms with E-state index in [-0.39, 0.29) is 11.9 Å². The first kappa shape index (κ1) is 17.4. The third-order valence-electron chi connectivity index (χ3n) is 4.04. The summed E-state index contributed by atoms with van der Waals surface area (Å²) in [6.45, 7) is 4.02. The number of carbonyl (C=O) groups excluding carboxylic acids is 1. The van der Waals surface area contributed by atoms with E-state index in [9.17, 15) is 4.79 Å². The quantitative estimate of drug-likeness (QED) is 0.684. The van der Waals surface area contributed by atoms with Crippen molar-refractivity contribution in [2.24, 2.45) is 0 Å². The molecule has 3 rings (SSSR count). The third kappa shape index (κ3) is 5.03. The van der Waals surface area contributed by atoms with Crippen molar-refractivity contribution in [3.63, 3.8) is 0 Å². The molecule has 0 aliphatic rings. The van der Waals surface area contributed by atoms with Gasteiger partial charge in [-0.15, -0.1) is 11.3 Å². The van der Waals surface area contributed by atoms with Crippen LogP contribution in [0.5, 0.6) is 0 Å². The van der Waals surface area contributed by atoms with Gasteiger partial charge in [-0.2, -0.15) is 0 Å². The molecule has 1 aromatic carbocycles. The Hall–Kier alpha value is -2.40. The molecular formula is C20H22N2O2S. The van der Waals surface area contributed by atoms with Crippen LogP contribution in [0.1, 0.15) is 29.7 Å². The van der Waals surface area contributed by atoms with Gasteiger partial charge in [-0.25, -0.2) is 4.98 Å². The number of amides is 1. The summed E-state index contributed by atoms with van der Waals surface area (Å²) in [6, 6.07) is 12.0. The summed E-state index contributed by atoms with van der Waals surface area (Å²) in [5.74, 6) is 0.998. The second kappa shape index (κ2) is 8.12.